The molecule has 2 unspecified atom stereocenters. The number of rotatable bonds is 3. The van der Waals surface area contributed by atoms with Crippen LogP contribution in [0.25, 0.3) is 0 Å². The molecule has 118 valence electrons. The van der Waals surface area contributed by atoms with E-state index in [9.17, 15) is 14.8 Å². The van der Waals surface area contributed by atoms with Crippen molar-refractivity contribution in [2.24, 2.45) is 0 Å². The van der Waals surface area contributed by atoms with E-state index < -0.39 is 12.1 Å². The Bertz CT molecular complexity index is 424. The van der Waals surface area contributed by atoms with Gasteiger partial charge in [-0.3, -0.25) is 14.8 Å². The Morgan fingerprint density at radius 3 is 2.71 bits per heavy atom. The molecule has 0 aromatic heterocycles. The highest BCUT2D eigenvalue weighted by molar-refractivity contribution is 5.87. The molecule has 3 saturated heterocycles. The molecular weight excluding hydrogens is 276 g/mol. The number of hydrogen-bond acceptors (Lipinski definition) is 5. The van der Waals surface area contributed by atoms with Crippen molar-refractivity contribution in [1.82, 2.24) is 20.3 Å². The molecule has 21 heavy (non-hydrogen) atoms. The smallest absolute Gasteiger partial charge is 0.309 e. The Morgan fingerprint density at radius 2 is 2.00 bits per heavy atom. The second kappa shape index (κ2) is 5.78. The van der Waals surface area contributed by atoms with Crippen molar-refractivity contribution in [3.8, 4) is 0 Å². The van der Waals surface area contributed by atoms with E-state index in [1.807, 2.05) is 0 Å². The topological polar surface area (TPSA) is 85.4 Å². The fraction of sp³-hybridized carbons (Fsp3) is 0.846. The summed E-state index contributed by atoms with van der Waals surface area (Å²) in [7, 11) is 2.06. The number of likely N-dealkylation sites (tertiary alicyclic amines) is 1. The van der Waals surface area contributed by atoms with Gasteiger partial charge in [-0.05, 0) is 32.7 Å². The second-order valence-corrected chi connectivity index (χ2v) is 6.11. The molecule has 3 aliphatic heterocycles. The molecule has 3 amide bonds. The zero-order valence-electron chi connectivity index (χ0n) is 12.2. The van der Waals surface area contributed by atoms with Crippen molar-refractivity contribution in [2.75, 3.05) is 26.7 Å². The largest absolute Gasteiger partial charge is 0.344 e. The lowest BCUT2D eigenvalue weighted by molar-refractivity contribution is -0.146. The van der Waals surface area contributed by atoms with Crippen molar-refractivity contribution in [3.63, 3.8) is 0 Å². The van der Waals surface area contributed by atoms with Gasteiger partial charge in [0.15, 0.2) is 0 Å². The minimum Gasteiger partial charge on any atom is -0.309 e. The first-order valence-electron chi connectivity index (χ1n) is 7.49. The number of nitrogens with zero attached hydrogens (tertiary/aromatic N) is 3. The molecule has 8 heteroatoms. The third-order valence-corrected chi connectivity index (χ3v) is 4.64. The lowest BCUT2D eigenvalue weighted by Gasteiger charge is -2.31. The van der Waals surface area contributed by atoms with Crippen molar-refractivity contribution in [1.29, 1.82) is 0 Å². The maximum atomic E-state index is 12.2. The minimum absolute atomic E-state index is 0.0325. The first-order chi connectivity index (χ1) is 10.1. The van der Waals surface area contributed by atoms with E-state index in [0.717, 1.165) is 31.0 Å². The Balaban J connectivity index is 1.50. The van der Waals surface area contributed by atoms with Crippen molar-refractivity contribution >= 4 is 11.9 Å². The summed E-state index contributed by atoms with van der Waals surface area (Å²) in [5.41, 5.74) is 2.50. The molecule has 3 rings (SSSR count). The van der Waals surface area contributed by atoms with Crippen LogP contribution in [0.1, 0.15) is 25.7 Å². The van der Waals surface area contributed by atoms with Gasteiger partial charge in [0.1, 0.15) is 6.04 Å². The van der Waals surface area contributed by atoms with Crippen LogP contribution in [0.4, 0.5) is 4.79 Å². The van der Waals surface area contributed by atoms with E-state index >= 15 is 0 Å². The first kappa shape index (κ1) is 14.6. The number of nitrogens with one attached hydrogen (secondary N) is 1. The van der Waals surface area contributed by atoms with E-state index in [2.05, 4.69) is 17.4 Å². The number of fused-ring (bicyclic) bond motifs is 2. The van der Waals surface area contributed by atoms with Gasteiger partial charge in [0, 0.05) is 19.6 Å². The number of urea groups is 1. The van der Waals surface area contributed by atoms with Crippen molar-refractivity contribution in [3.05, 3.63) is 0 Å². The average molecular weight is 298 g/mol. The third-order valence-electron chi connectivity index (χ3n) is 4.64. The summed E-state index contributed by atoms with van der Waals surface area (Å²) in [6.45, 7) is 2.31. The Kier molecular flexibility index (Phi) is 4.01. The summed E-state index contributed by atoms with van der Waals surface area (Å²) in [5.74, 6) is -0.295. The van der Waals surface area contributed by atoms with Crippen LogP contribution in [0.3, 0.4) is 0 Å². The zero-order chi connectivity index (χ0) is 15.0. The first-order valence-corrected chi connectivity index (χ1v) is 7.49. The van der Waals surface area contributed by atoms with Crippen molar-refractivity contribution in [2.45, 2.75) is 43.9 Å². The maximum absolute atomic E-state index is 12.2. The second-order valence-electron chi connectivity index (χ2n) is 6.11. The molecule has 3 fully saturated rings. The highest BCUT2D eigenvalue weighted by atomic mass is 16.7. The van der Waals surface area contributed by atoms with Crippen LogP contribution in [0.15, 0.2) is 0 Å². The van der Waals surface area contributed by atoms with Gasteiger partial charge in [0.05, 0.1) is 12.1 Å². The molecule has 2 N–H and O–H groups in total. The van der Waals surface area contributed by atoms with Crippen LogP contribution >= 0.6 is 0 Å². The van der Waals surface area contributed by atoms with Crippen LogP contribution in [0, 0.1) is 0 Å². The number of piperidine rings is 2. The van der Waals surface area contributed by atoms with Crippen LogP contribution in [0.5, 0.6) is 0 Å². The molecule has 0 radical (unpaired) electrons. The van der Waals surface area contributed by atoms with Crippen LogP contribution in [-0.2, 0) is 9.63 Å². The highest BCUT2D eigenvalue weighted by Gasteiger charge is 2.46. The molecule has 2 bridgehead atoms. The Labute approximate surface area is 123 Å². The molecule has 2 atom stereocenters. The molecule has 3 aliphatic rings. The molecule has 0 aromatic rings. The van der Waals surface area contributed by atoms with E-state index in [4.69, 9.17) is 4.84 Å². The van der Waals surface area contributed by atoms with Gasteiger partial charge in [0.2, 0.25) is 0 Å². The molecule has 3 heterocycles. The number of hydroxylamine groups is 3. The monoisotopic (exact) mass is 298 g/mol. The fourth-order valence-electron chi connectivity index (χ4n) is 3.24. The van der Waals surface area contributed by atoms with E-state index in [0.29, 0.717) is 19.4 Å². The van der Waals surface area contributed by atoms with Crippen LogP contribution in [0.2, 0.25) is 0 Å². The number of amides is 3. The summed E-state index contributed by atoms with van der Waals surface area (Å²) in [4.78, 5) is 33.1. The summed E-state index contributed by atoms with van der Waals surface area (Å²) in [6, 6.07) is -1.22. The highest BCUT2D eigenvalue weighted by Crippen LogP contribution is 2.28. The maximum Gasteiger partial charge on any atom is 0.344 e. The van der Waals surface area contributed by atoms with Gasteiger partial charge < -0.3 is 9.80 Å². The summed E-state index contributed by atoms with van der Waals surface area (Å²) in [6.07, 6.45) is 2.99. The van der Waals surface area contributed by atoms with Gasteiger partial charge in [-0.2, -0.15) is 0 Å². The predicted molar refractivity (Wildman–Crippen MR) is 72.3 cm³/mol. The van der Waals surface area contributed by atoms with E-state index in [-0.39, 0.29) is 18.1 Å². The Morgan fingerprint density at radius 1 is 1.29 bits per heavy atom. The lowest BCUT2D eigenvalue weighted by atomic mass is 10.0. The number of hydrogen-bond donors (Lipinski definition) is 2. The molecule has 0 aromatic carbocycles. The third kappa shape index (κ3) is 2.83. The lowest BCUT2D eigenvalue weighted by Crippen LogP contribution is -2.50. The van der Waals surface area contributed by atoms with Gasteiger partial charge in [0.25, 0.3) is 5.91 Å². The predicted octanol–water partition coefficient (Wildman–Crippen LogP) is -0.214. The SMILES string of the molecule is CN1CCC(ONC(=O)C2CCC3CN2C(=O)N3O)CC1. The van der Waals surface area contributed by atoms with E-state index in [1.54, 1.807) is 0 Å². The van der Waals surface area contributed by atoms with E-state index in [1.165, 1.54) is 4.90 Å². The molecule has 8 nitrogen and oxygen atoms in total. The number of carbonyl (C=O) groups excluding carboxylic acids is 2. The van der Waals surface area contributed by atoms with Gasteiger partial charge >= 0.3 is 6.03 Å². The normalized spacial score (nSPS) is 30.9. The van der Waals surface area contributed by atoms with Gasteiger partial charge in [-0.15, -0.1) is 0 Å². The van der Waals surface area contributed by atoms with Crippen molar-refractivity contribution < 1.29 is 19.6 Å². The van der Waals surface area contributed by atoms with Gasteiger partial charge in [-0.25, -0.2) is 15.3 Å². The fourth-order valence-corrected chi connectivity index (χ4v) is 3.24. The minimum atomic E-state index is -0.544. The molecule has 0 spiro atoms. The summed E-state index contributed by atoms with van der Waals surface area (Å²) < 4.78 is 0. The Hall–Kier alpha value is -1.38. The molecule has 0 aliphatic carbocycles. The van der Waals surface area contributed by atoms with Crippen LogP contribution < -0.4 is 5.48 Å². The summed E-state index contributed by atoms with van der Waals surface area (Å²) in [5, 5.41) is 10.3. The van der Waals surface area contributed by atoms with Crippen LogP contribution in [-0.4, -0.2) is 76.9 Å². The quantitative estimate of drug-likeness (QED) is 0.556. The standard InChI is InChI=1S/C13H22N4O4/c1-15-6-4-10(5-7-15)21-14-12(18)11-3-2-9-8-16(11)13(19)17(9)20/h9-11,20H,2-8H2,1H3,(H,14,18). The number of carbonyl (C=O) groups is 2. The molecule has 0 saturated carbocycles. The van der Waals surface area contributed by atoms with Gasteiger partial charge in [-0.1, -0.05) is 0 Å². The average Bonchev–Trinajstić information content (AvgIpc) is 2.71. The summed E-state index contributed by atoms with van der Waals surface area (Å²) >= 11 is 0. The molecular formula is C13H22N4O4. The zero-order valence-corrected chi connectivity index (χ0v) is 12.2.